The lowest BCUT2D eigenvalue weighted by molar-refractivity contribution is 0.0944. The van der Waals surface area contributed by atoms with Crippen LogP contribution >= 0.6 is 31.9 Å². The molecule has 1 fully saturated rings. The van der Waals surface area contributed by atoms with Crippen molar-refractivity contribution in [1.82, 2.24) is 5.32 Å². The number of benzene rings is 1. The second-order valence-electron chi connectivity index (χ2n) is 4.75. The molecule has 2 rings (SSSR count). The summed E-state index contributed by atoms with van der Waals surface area (Å²) < 4.78 is 13.7. The van der Waals surface area contributed by atoms with Crippen LogP contribution in [0.15, 0.2) is 22.7 Å². The first-order chi connectivity index (χ1) is 8.56. The molecule has 0 aliphatic heterocycles. The quantitative estimate of drug-likeness (QED) is 0.774. The molecule has 1 aliphatic rings. The van der Waals surface area contributed by atoms with Gasteiger partial charge in [-0.25, -0.2) is 4.39 Å². The average molecular weight is 379 g/mol. The van der Waals surface area contributed by atoms with E-state index in [4.69, 9.17) is 0 Å². The summed E-state index contributed by atoms with van der Waals surface area (Å²) in [4.78, 5) is 11.9. The molecule has 0 bridgehead atoms. The summed E-state index contributed by atoms with van der Waals surface area (Å²) in [7, 11) is 0. The fourth-order valence-electron chi connectivity index (χ4n) is 1.90. The number of amides is 1. The molecular formula is C13H14Br2FNO. The van der Waals surface area contributed by atoms with Crippen molar-refractivity contribution in [3.63, 3.8) is 0 Å². The summed E-state index contributed by atoms with van der Waals surface area (Å²) in [6.45, 7) is 0.676. The van der Waals surface area contributed by atoms with Crippen LogP contribution in [0.2, 0.25) is 0 Å². The van der Waals surface area contributed by atoms with Gasteiger partial charge in [0.25, 0.3) is 5.91 Å². The lowest BCUT2D eigenvalue weighted by atomic mass is 10.0. The molecule has 0 heterocycles. The predicted octanol–water partition coefficient (Wildman–Crippen LogP) is 3.88. The van der Waals surface area contributed by atoms with E-state index in [1.54, 1.807) is 12.1 Å². The number of halogens is 3. The van der Waals surface area contributed by atoms with Gasteiger partial charge in [0.15, 0.2) is 0 Å². The Morgan fingerprint density at radius 2 is 2.17 bits per heavy atom. The summed E-state index contributed by atoms with van der Waals surface area (Å²) >= 11 is 6.49. The third kappa shape index (κ3) is 3.32. The first kappa shape index (κ1) is 14.0. The van der Waals surface area contributed by atoms with Crippen LogP contribution < -0.4 is 5.32 Å². The molecule has 0 unspecified atom stereocenters. The molecule has 0 radical (unpaired) electrons. The van der Waals surface area contributed by atoms with Gasteiger partial charge in [0, 0.05) is 17.4 Å². The van der Waals surface area contributed by atoms with E-state index >= 15 is 0 Å². The standard InChI is InChI=1S/C13H14Br2FNO/c14-6-5-13(3-4-13)8-17-12(18)9-1-2-10(15)11(16)7-9/h1-2,7H,3-6,8H2,(H,17,18). The number of hydrogen-bond acceptors (Lipinski definition) is 1. The zero-order valence-electron chi connectivity index (χ0n) is 9.81. The average Bonchev–Trinajstić information content (AvgIpc) is 3.11. The molecular weight excluding hydrogens is 365 g/mol. The Morgan fingerprint density at radius 3 is 2.72 bits per heavy atom. The zero-order chi connectivity index (χ0) is 13.2. The molecule has 1 N–H and O–H groups in total. The van der Waals surface area contributed by atoms with Gasteiger partial charge < -0.3 is 5.32 Å². The Kier molecular flexibility index (Phi) is 4.43. The van der Waals surface area contributed by atoms with Gasteiger partial charge >= 0.3 is 0 Å². The lowest BCUT2D eigenvalue weighted by Crippen LogP contribution is -2.30. The SMILES string of the molecule is O=C(NCC1(CCBr)CC1)c1ccc(Br)c(F)c1. The molecule has 1 aromatic rings. The number of nitrogens with one attached hydrogen (secondary N) is 1. The van der Waals surface area contributed by atoms with Crippen molar-refractivity contribution in [1.29, 1.82) is 0 Å². The number of carbonyl (C=O) groups excluding carboxylic acids is 1. The van der Waals surface area contributed by atoms with Gasteiger partial charge in [-0.15, -0.1) is 0 Å². The normalized spacial score (nSPS) is 16.4. The predicted molar refractivity (Wildman–Crippen MR) is 76.5 cm³/mol. The third-order valence-electron chi connectivity index (χ3n) is 3.39. The number of hydrogen-bond donors (Lipinski definition) is 1. The third-order valence-corrected chi connectivity index (χ3v) is 4.43. The summed E-state index contributed by atoms with van der Waals surface area (Å²) in [6.07, 6.45) is 3.39. The molecule has 1 amide bonds. The van der Waals surface area contributed by atoms with E-state index in [9.17, 15) is 9.18 Å². The number of carbonyl (C=O) groups is 1. The highest BCUT2D eigenvalue weighted by Gasteiger charge is 2.41. The Balaban J connectivity index is 1.93. The topological polar surface area (TPSA) is 29.1 Å². The molecule has 5 heteroatoms. The minimum Gasteiger partial charge on any atom is -0.351 e. The summed E-state index contributed by atoms with van der Waals surface area (Å²) in [6, 6.07) is 4.42. The Morgan fingerprint density at radius 1 is 1.44 bits per heavy atom. The largest absolute Gasteiger partial charge is 0.351 e. The van der Waals surface area contributed by atoms with Crippen molar-refractivity contribution in [2.45, 2.75) is 19.3 Å². The molecule has 0 saturated heterocycles. The van der Waals surface area contributed by atoms with Crippen molar-refractivity contribution >= 4 is 37.8 Å². The molecule has 18 heavy (non-hydrogen) atoms. The van der Waals surface area contributed by atoms with E-state index in [0.29, 0.717) is 16.6 Å². The van der Waals surface area contributed by atoms with Crippen molar-refractivity contribution in [3.05, 3.63) is 34.1 Å². The fraction of sp³-hybridized carbons (Fsp3) is 0.462. The van der Waals surface area contributed by atoms with Crippen LogP contribution in [0.5, 0.6) is 0 Å². The van der Waals surface area contributed by atoms with Gasteiger partial charge in [0.2, 0.25) is 0 Å². The molecule has 98 valence electrons. The highest BCUT2D eigenvalue weighted by molar-refractivity contribution is 9.10. The minimum absolute atomic E-state index is 0.206. The fourth-order valence-corrected chi connectivity index (χ4v) is 2.99. The van der Waals surface area contributed by atoms with Gasteiger partial charge in [-0.1, -0.05) is 15.9 Å². The van der Waals surface area contributed by atoms with Gasteiger partial charge in [0.1, 0.15) is 5.82 Å². The van der Waals surface area contributed by atoms with Gasteiger partial charge in [0.05, 0.1) is 4.47 Å². The van der Waals surface area contributed by atoms with E-state index in [-0.39, 0.29) is 11.3 Å². The van der Waals surface area contributed by atoms with E-state index in [2.05, 4.69) is 37.2 Å². The molecule has 0 spiro atoms. The van der Waals surface area contributed by atoms with Crippen LogP contribution in [0.25, 0.3) is 0 Å². The van der Waals surface area contributed by atoms with Crippen molar-refractivity contribution in [2.75, 3.05) is 11.9 Å². The highest BCUT2D eigenvalue weighted by atomic mass is 79.9. The smallest absolute Gasteiger partial charge is 0.251 e. The second-order valence-corrected chi connectivity index (χ2v) is 6.40. The Hall–Kier alpha value is -0.420. The van der Waals surface area contributed by atoms with Gasteiger partial charge in [-0.3, -0.25) is 4.79 Å². The zero-order valence-corrected chi connectivity index (χ0v) is 13.0. The molecule has 1 aliphatic carbocycles. The first-order valence-electron chi connectivity index (χ1n) is 5.86. The first-order valence-corrected chi connectivity index (χ1v) is 7.77. The summed E-state index contributed by atoms with van der Waals surface area (Å²) in [5.74, 6) is -0.619. The van der Waals surface area contributed by atoms with E-state index in [0.717, 1.165) is 24.6 Å². The maximum atomic E-state index is 13.3. The second kappa shape index (κ2) is 5.70. The summed E-state index contributed by atoms with van der Waals surface area (Å²) in [5.41, 5.74) is 0.637. The maximum absolute atomic E-state index is 13.3. The van der Waals surface area contributed by atoms with Gasteiger partial charge in [-0.2, -0.15) is 0 Å². The van der Waals surface area contributed by atoms with E-state index in [1.807, 2.05) is 0 Å². The van der Waals surface area contributed by atoms with Gasteiger partial charge in [-0.05, 0) is 58.8 Å². The van der Waals surface area contributed by atoms with Crippen LogP contribution in [0.1, 0.15) is 29.6 Å². The molecule has 0 atom stereocenters. The van der Waals surface area contributed by atoms with Crippen molar-refractivity contribution in [3.8, 4) is 0 Å². The Bertz CT molecular complexity index is 460. The summed E-state index contributed by atoms with van der Waals surface area (Å²) in [5, 5.41) is 3.85. The molecule has 1 saturated carbocycles. The molecule has 0 aromatic heterocycles. The van der Waals surface area contributed by atoms with Crippen LogP contribution in [-0.2, 0) is 0 Å². The van der Waals surface area contributed by atoms with Crippen LogP contribution in [0, 0.1) is 11.2 Å². The monoisotopic (exact) mass is 377 g/mol. The van der Waals surface area contributed by atoms with Crippen molar-refractivity contribution < 1.29 is 9.18 Å². The van der Waals surface area contributed by atoms with Crippen LogP contribution in [-0.4, -0.2) is 17.8 Å². The lowest BCUT2D eigenvalue weighted by Gasteiger charge is -2.14. The Labute approximate surface area is 123 Å². The minimum atomic E-state index is -0.413. The number of alkyl halides is 1. The van der Waals surface area contributed by atoms with Crippen LogP contribution in [0.3, 0.4) is 0 Å². The van der Waals surface area contributed by atoms with Crippen molar-refractivity contribution in [2.24, 2.45) is 5.41 Å². The highest BCUT2D eigenvalue weighted by Crippen LogP contribution is 2.48. The molecule has 1 aromatic carbocycles. The van der Waals surface area contributed by atoms with Crippen LogP contribution in [0.4, 0.5) is 4.39 Å². The van der Waals surface area contributed by atoms with E-state index < -0.39 is 5.82 Å². The maximum Gasteiger partial charge on any atom is 0.251 e. The number of rotatable bonds is 5. The molecule has 2 nitrogen and oxygen atoms in total. The van der Waals surface area contributed by atoms with E-state index in [1.165, 1.54) is 6.07 Å².